The molecule has 2 saturated carbocycles. The van der Waals surface area contributed by atoms with Gasteiger partial charge in [0, 0.05) is 42.6 Å². The van der Waals surface area contributed by atoms with Gasteiger partial charge in [-0.15, -0.1) is 0 Å². The van der Waals surface area contributed by atoms with E-state index in [1.54, 1.807) is 6.07 Å². The van der Waals surface area contributed by atoms with Crippen molar-refractivity contribution in [3.63, 3.8) is 0 Å². The van der Waals surface area contributed by atoms with Crippen LogP contribution in [0.5, 0.6) is 5.75 Å². The SMILES string of the molecule is CC(C)CN(C(=O)c1ccccc1)C1CC(O)C2CN(CC3CC3)CCC2(c2cccc(O)c2)C1. The van der Waals surface area contributed by atoms with Crippen LogP contribution in [0.15, 0.2) is 54.6 Å². The highest BCUT2D eigenvalue weighted by Crippen LogP contribution is 2.51. The molecule has 0 bridgehead atoms. The summed E-state index contributed by atoms with van der Waals surface area (Å²) in [4.78, 5) is 18.3. The molecule has 4 unspecified atom stereocenters. The first-order chi connectivity index (χ1) is 16.9. The van der Waals surface area contributed by atoms with Crippen LogP contribution in [0.4, 0.5) is 0 Å². The van der Waals surface area contributed by atoms with Crippen LogP contribution < -0.4 is 0 Å². The fourth-order valence-corrected chi connectivity index (χ4v) is 6.68. The molecule has 35 heavy (non-hydrogen) atoms. The maximum absolute atomic E-state index is 13.7. The summed E-state index contributed by atoms with van der Waals surface area (Å²) < 4.78 is 0. The molecule has 1 aliphatic heterocycles. The van der Waals surface area contributed by atoms with Crippen molar-refractivity contribution in [3.8, 4) is 5.75 Å². The molecule has 2 aromatic rings. The van der Waals surface area contributed by atoms with E-state index >= 15 is 0 Å². The van der Waals surface area contributed by atoms with E-state index in [1.807, 2.05) is 47.4 Å². The third-order valence-electron chi connectivity index (χ3n) is 8.54. The number of likely N-dealkylation sites (tertiary alicyclic amines) is 1. The first-order valence-electron chi connectivity index (χ1n) is 13.4. The molecule has 4 atom stereocenters. The Labute approximate surface area is 209 Å². The van der Waals surface area contributed by atoms with Gasteiger partial charge in [-0.2, -0.15) is 0 Å². The topological polar surface area (TPSA) is 64.0 Å². The van der Waals surface area contributed by atoms with Gasteiger partial charge in [0.2, 0.25) is 0 Å². The molecule has 1 saturated heterocycles. The summed E-state index contributed by atoms with van der Waals surface area (Å²) in [5.74, 6) is 1.57. The second kappa shape index (κ2) is 9.94. The van der Waals surface area contributed by atoms with Gasteiger partial charge < -0.3 is 20.0 Å². The normalized spacial score (nSPS) is 29.1. The highest BCUT2D eigenvalue weighted by molar-refractivity contribution is 5.94. The van der Waals surface area contributed by atoms with Gasteiger partial charge in [0.15, 0.2) is 0 Å². The predicted octanol–water partition coefficient (Wildman–Crippen LogP) is 4.68. The maximum atomic E-state index is 13.7. The molecular formula is C30H40N2O3. The van der Waals surface area contributed by atoms with E-state index in [2.05, 4.69) is 24.8 Å². The molecule has 3 fully saturated rings. The fourth-order valence-electron chi connectivity index (χ4n) is 6.68. The number of carbonyl (C=O) groups excluding carboxylic acids is 1. The average Bonchev–Trinajstić information content (AvgIpc) is 3.67. The Hall–Kier alpha value is -2.37. The van der Waals surface area contributed by atoms with Crippen LogP contribution in [0, 0.1) is 17.8 Å². The number of phenols is 1. The molecule has 2 aromatic carbocycles. The number of amides is 1. The summed E-state index contributed by atoms with van der Waals surface area (Å²) in [6.45, 7) is 7.98. The molecule has 0 spiro atoms. The molecule has 2 aliphatic carbocycles. The molecule has 5 rings (SSSR count). The molecule has 1 heterocycles. The molecule has 1 amide bonds. The zero-order valence-corrected chi connectivity index (χ0v) is 21.1. The molecule has 5 heteroatoms. The zero-order chi connectivity index (χ0) is 24.6. The van der Waals surface area contributed by atoms with Gasteiger partial charge in [0.1, 0.15) is 5.75 Å². The van der Waals surface area contributed by atoms with Crippen LogP contribution in [0.2, 0.25) is 0 Å². The highest BCUT2D eigenvalue weighted by Gasteiger charge is 2.53. The first kappa shape index (κ1) is 24.3. The van der Waals surface area contributed by atoms with Gasteiger partial charge in [-0.1, -0.05) is 44.2 Å². The number of phenolic OH excluding ortho intramolecular Hbond substituents is 1. The smallest absolute Gasteiger partial charge is 0.254 e. The van der Waals surface area contributed by atoms with E-state index in [0.717, 1.165) is 44.0 Å². The first-order valence-corrected chi connectivity index (χ1v) is 13.4. The van der Waals surface area contributed by atoms with Crippen molar-refractivity contribution in [1.82, 2.24) is 9.80 Å². The lowest BCUT2D eigenvalue weighted by Gasteiger charge is -2.56. The van der Waals surface area contributed by atoms with Crippen LogP contribution in [-0.2, 0) is 5.41 Å². The third kappa shape index (κ3) is 5.12. The number of aliphatic hydroxyl groups is 1. The lowest BCUT2D eigenvalue weighted by molar-refractivity contribution is -0.0655. The minimum atomic E-state index is -0.490. The summed E-state index contributed by atoms with van der Waals surface area (Å²) in [5.41, 5.74) is 1.55. The average molecular weight is 477 g/mol. The Bertz CT molecular complexity index is 1020. The Morgan fingerprint density at radius 3 is 2.60 bits per heavy atom. The quantitative estimate of drug-likeness (QED) is 0.609. The number of aliphatic hydroxyl groups excluding tert-OH is 1. The Kier molecular flexibility index (Phi) is 6.91. The van der Waals surface area contributed by atoms with Crippen molar-refractivity contribution in [2.75, 3.05) is 26.2 Å². The number of nitrogens with zero attached hydrogens (tertiary/aromatic N) is 2. The number of hydrogen-bond donors (Lipinski definition) is 2. The van der Waals surface area contributed by atoms with Crippen molar-refractivity contribution in [3.05, 3.63) is 65.7 Å². The Morgan fingerprint density at radius 1 is 1.14 bits per heavy atom. The molecule has 2 N–H and O–H groups in total. The molecule has 5 nitrogen and oxygen atoms in total. The number of hydrogen-bond acceptors (Lipinski definition) is 4. The van der Waals surface area contributed by atoms with Crippen molar-refractivity contribution in [2.45, 2.75) is 63.5 Å². The largest absolute Gasteiger partial charge is 0.508 e. The lowest BCUT2D eigenvalue weighted by Crippen LogP contribution is -2.61. The van der Waals surface area contributed by atoms with Crippen molar-refractivity contribution < 1.29 is 15.0 Å². The number of fused-ring (bicyclic) bond motifs is 1. The van der Waals surface area contributed by atoms with E-state index in [0.29, 0.717) is 24.4 Å². The van der Waals surface area contributed by atoms with Crippen molar-refractivity contribution in [2.24, 2.45) is 17.8 Å². The van der Waals surface area contributed by atoms with Gasteiger partial charge in [0.05, 0.1) is 6.10 Å². The van der Waals surface area contributed by atoms with Crippen molar-refractivity contribution >= 4 is 5.91 Å². The number of carbonyl (C=O) groups is 1. The van der Waals surface area contributed by atoms with Gasteiger partial charge in [-0.25, -0.2) is 0 Å². The van der Waals surface area contributed by atoms with Crippen LogP contribution >= 0.6 is 0 Å². The highest BCUT2D eigenvalue weighted by atomic mass is 16.3. The van der Waals surface area contributed by atoms with Crippen LogP contribution in [-0.4, -0.2) is 64.2 Å². The third-order valence-corrected chi connectivity index (χ3v) is 8.54. The molecule has 0 aromatic heterocycles. The zero-order valence-electron chi connectivity index (χ0n) is 21.1. The fraction of sp³-hybridized carbons (Fsp3) is 0.567. The van der Waals surface area contributed by atoms with Crippen LogP contribution in [0.1, 0.15) is 61.9 Å². The van der Waals surface area contributed by atoms with Gasteiger partial charge >= 0.3 is 0 Å². The lowest BCUT2D eigenvalue weighted by atomic mass is 9.56. The summed E-state index contributed by atoms with van der Waals surface area (Å²) in [7, 11) is 0. The van der Waals surface area contributed by atoms with Crippen molar-refractivity contribution in [1.29, 1.82) is 0 Å². The van der Waals surface area contributed by atoms with E-state index in [1.165, 1.54) is 12.8 Å². The monoisotopic (exact) mass is 476 g/mol. The van der Waals surface area contributed by atoms with E-state index in [-0.39, 0.29) is 29.0 Å². The second-order valence-electron chi connectivity index (χ2n) is 11.6. The van der Waals surface area contributed by atoms with Gasteiger partial charge in [-0.3, -0.25) is 4.79 Å². The second-order valence-corrected chi connectivity index (χ2v) is 11.6. The summed E-state index contributed by atoms with van der Waals surface area (Å²) >= 11 is 0. The molecular weight excluding hydrogens is 436 g/mol. The Balaban J connectivity index is 1.49. The standard InChI is InChI=1S/C30H40N2O3/c1-21(2)18-32(29(35)23-7-4-3-5-8-23)25-16-28(34)27-20-31(19-22-11-12-22)14-13-30(27,17-25)24-9-6-10-26(33)15-24/h3-10,15,21-22,25,27-28,33-34H,11-14,16-20H2,1-2H3. The van der Waals surface area contributed by atoms with Crippen LogP contribution in [0.25, 0.3) is 0 Å². The summed E-state index contributed by atoms with van der Waals surface area (Å²) in [6, 6.07) is 17.1. The molecule has 3 aliphatic rings. The van der Waals surface area contributed by atoms with E-state index in [9.17, 15) is 15.0 Å². The van der Waals surface area contributed by atoms with Crippen LogP contribution in [0.3, 0.4) is 0 Å². The minimum absolute atomic E-state index is 0.0475. The maximum Gasteiger partial charge on any atom is 0.254 e. The van der Waals surface area contributed by atoms with Gasteiger partial charge in [0.25, 0.3) is 5.91 Å². The summed E-state index contributed by atoms with van der Waals surface area (Å²) in [6.07, 6.45) is 4.53. The molecule has 0 radical (unpaired) electrons. The van der Waals surface area contributed by atoms with Gasteiger partial charge in [-0.05, 0) is 80.3 Å². The van der Waals surface area contributed by atoms with E-state index < -0.39 is 6.10 Å². The molecule has 188 valence electrons. The number of rotatable bonds is 7. The number of piperidine rings is 1. The summed E-state index contributed by atoms with van der Waals surface area (Å²) in [5, 5.41) is 22.0. The number of aromatic hydroxyl groups is 1. The van der Waals surface area contributed by atoms with E-state index in [4.69, 9.17) is 0 Å². The minimum Gasteiger partial charge on any atom is -0.508 e. The number of benzene rings is 2. The predicted molar refractivity (Wildman–Crippen MR) is 138 cm³/mol. The Morgan fingerprint density at radius 2 is 1.91 bits per heavy atom.